The molecular formula is C19H20N4O2S. The molecule has 134 valence electrons. The first-order valence-electron chi connectivity index (χ1n) is 8.07. The zero-order valence-electron chi connectivity index (χ0n) is 14.4. The van der Waals surface area contributed by atoms with E-state index in [0.717, 1.165) is 17.1 Å². The Labute approximate surface area is 156 Å². The largest absolute Gasteiger partial charge is 0.497 e. The van der Waals surface area contributed by atoms with Gasteiger partial charge in [-0.3, -0.25) is 0 Å². The fourth-order valence-corrected chi connectivity index (χ4v) is 2.90. The molecule has 0 radical (unpaired) electrons. The van der Waals surface area contributed by atoms with E-state index in [9.17, 15) is 0 Å². The first-order valence-corrected chi connectivity index (χ1v) is 9.05. The van der Waals surface area contributed by atoms with Gasteiger partial charge >= 0.3 is 0 Å². The summed E-state index contributed by atoms with van der Waals surface area (Å²) in [5.74, 6) is 8.79. The van der Waals surface area contributed by atoms with Crippen LogP contribution in [-0.4, -0.2) is 27.7 Å². The predicted molar refractivity (Wildman–Crippen MR) is 104 cm³/mol. The smallest absolute Gasteiger partial charge is 0.210 e. The first kappa shape index (κ1) is 17.9. The molecule has 0 spiro atoms. The molecule has 0 aliphatic carbocycles. The van der Waals surface area contributed by atoms with Crippen LogP contribution in [0.2, 0.25) is 0 Å². The third-order valence-corrected chi connectivity index (χ3v) is 4.46. The molecule has 2 N–H and O–H groups in total. The topological polar surface area (TPSA) is 75.2 Å². The van der Waals surface area contributed by atoms with Gasteiger partial charge in [0, 0.05) is 11.8 Å². The molecule has 0 atom stereocenters. The molecule has 3 rings (SSSR count). The Morgan fingerprint density at radius 1 is 1.08 bits per heavy atom. The quantitative estimate of drug-likeness (QED) is 0.485. The fourth-order valence-electron chi connectivity index (χ4n) is 2.21. The van der Waals surface area contributed by atoms with Crippen LogP contribution in [0.25, 0.3) is 6.08 Å². The molecule has 0 unspecified atom stereocenters. The molecule has 3 aromatic rings. The minimum atomic E-state index is 0.233. The molecule has 0 aliphatic rings. The van der Waals surface area contributed by atoms with Gasteiger partial charge < -0.3 is 15.3 Å². The number of hydrogen-bond acceptors (Lipinski definition) is 6. The summed E-state index contributed by atoms with van der Waals surface area (Å²) in [6.45, 7) is 0.233. The van der Waals surface area contributed by atoms with Crippen molar-refractivity contribution in [3.8, 4) is 11.5 Å². The molecule has 1 aromatic heterocycles. The minimum absolute atomic E-state index is 0.233. The lowest BCUT2D eigenvalue weighted by molar-refractivity contribution is 0.289. The van der Waals surface area contributed by atoms with E-state index in [2.05, 4.69) is 34.5 Å². The Balaban J connectivity index is 1.53. The summed E-state index contributed by atoms with van der Waals surface area (Å²) in [6, 6.07) is 17.5. The van der Waals surface area contributed by atoms with Gasteiger partial charge in [0.1, 0.15) is 18.1 Å². The number of thioether (sulfide) groups is 1. The second-order valence-electron chi connectivity index (χ2n) is 5.36. The van der Waals surface area contributed by atoms with Crippen molar-refractivity contribution in [1.82, 2.24) is 14.9 Å². The Bertz CT molecular complexity index is 865. The van der Waals surface area contributed by atoms with Gasteiger partial charge in [0.05, 0.1) is 7.11 Å². The normalized spacial score (nSPS) is 11.0. The van der Waals surface area contributed by atoms with Crippen molar-refractivity contribution in [2.24, 2.45) is 0 Å². The molecule has 26 heavy (non-hydrogen) atoms. The summed E-state index contributed by atoms with van der Waals surface area (Å²) < 4.78 is 12.3. The number of nitrogens with two attached hydrogens (primary N) is 1. The monoisotopic (exact) mass is 368 g/mol. The van der Waals surface area contributed by atoms with E-state index in [1.807, 2.05) is 36.4 Å². The minimum Gasteiger partial charge on any atom is -0.497 e. The van der Waals surface area contributed by atoms with Crippen LogP contribution in [0.1, 0.15) is 11.4 Å². The van der Waals surface area contributed by atoms with Crippen molar-refractivity contribution in [3.05, 3.63) is 72.1 Å². The molecule has 0 saturated carbocycles. The summed E-state index contributed by atoms with van der Waals surface area (Å²) >= 11 is 1.52. The van der Waals surface area contributed by atoms with Crippen molar-refractivity contribution in [3.63, 3.8) is 0 Å². The molecule has 0 fully saturated rings. The van der Waals surface area contributed by atoms with Gasteiger partial charge in [0.15, 0.2) is 5.82 Å². The van der Waals surface area contributed by atoms with Crippen molar-refractivity contribution < 1.29 is 9.47 Å². The van der Waals surface area contributed by atoms with Crippen LogP contribution >= 0.6 is 11.8 Å². The van der Waals surface area contributed by atoms with Crippen LogP contribution < -0.4 is 15.3 Å². The third-order valence-electron chi connectivity index (χ3n) is 3.56. The average Bonchev–Trinajstić information content (AvgIpc) is 3.04. The number of benzene rings is 2. The molecule has 0 bridgehead atoms. The zero-order chi connectivity index (χ0) is 18.2. The highest BCUT2D eigenvalue weighted by Crippen LogP contribution is 2.20. The fraction of sp³-hybridized carbons (Fsp3) is 0.158. The predicted octanol–water partition coefficient (Wildman–Crippen LogP) is 3.39. The van der Waals surface area contributed by atoms with Crippen LogP contribution in [-0.2, 0) is 6.61 Å². The van der Waals surface area contributed by atoms with Crippen molar-refractivity contribution in [2.75, 3.05) is 18.7 Å². The molecule has 2 aromatic carbocycles. The molecule has 6 nitrogen and oxygen atoms in total. The molecule has 0 aliphatic heterocycles. The van der Waals surface area contributed by atoms with Crippen molar-refractivity contribution >= 4 is 17.8 Å². The average molecular weight is 368 g/mol. The Kier molecular flexibility index (Phi) is 6.16. The Morgan fingerprint density at radius 3 is 2.69 bits per heavy atom. The summed E-state index contributed by atoms with van der Waals surface area (Å²) in [7, 11) is 1.62. The van der Waals surface area contributed by atoms with E-state index < -0.39 is 0 Å². The molecular weight excluding hydrogens is 348 g/mol. The maximum Gasteiger partial charge on any atom is 0.210 e. The van der Waals surface area contributed by atoms with Gasteiger partial charge in [-0.2, -0.15) is 0 Å². The number of hydrogen-bond donors (Lipinski definition) is 1. The van der Waals surface area contributed by atoms with Gasteiger partial charge in [-0.05, 0) is 17.7 Å². The highest BCUT2D eigenvalue weighted by Gasteiger charge is 2.10. The summed E-state index contributed by atoms with van der Waals surface area (Å²) in [5.41, 5.74) is 1.16. The first-order chi connectivity index (χ1) is 12.8. The highest BCUT2D eigenvalue weighted by molar-refractivity contribution is 7.99. The SMILES string of the molecule is COc1cccc(OCc2nnc(SC/C=C/c3ccccc3)n2N)c1. The summed E-state index contributed by atoms with van der Waals surface area (Å²) in [5, 5.41) is 8.86. The van der Waals surface area contributed by atoms with E-state index in [-0.39, 0.29) is 6.61 Å². The highest BCUT2D eigenvalue weighted by atomic mass is 32.2. The number of aromatic nitrogens is 3. The lowest BCUT2D eigenvalue weighted by Gasteiger charge is -2.07. The van der Waals surface area contributed by atoms with Crippen LogP contribution in [0.3, 0.4) is 0 Å². The van der Waals surface area contributed by atoms with E-state index in [0.29, 0.717) is 16.7 Å². The van der Waals surface area contributed by atoms with Gasteiger partial charge in [-0.1, -0.05) is 60.3 Å². The molecule has 1 heterocycles. The maximum atomic E-state index is 6.06. The molecule has 0 amide bonds. The second kappa shape index (κ2) is 8.96. The summed E-state index contributed by atoms with van der Waals surface area (Å²) in [6.07, 6.45) is 4.14. The lowest BCUT2D eigenvalue weighted by Crippen LogP contribution is -2.15. The number of nitrogen functional groups attached to an aromatic ring is 1. The molecule has 0 saturated heterocycles. The van der Waals surface area contributed by atoms with Crippen LogP contribution in [0.5, 0.6) is 11.5 Å². The van der Waals surface area contributed by atoms with Gasteiger partial charge in [-0.25, -0.2) is 4.68 Å². The number of rotatable bonds is 8. The Hall–Kier alpha value is -2.93. The molecule has 7 heteroatoms. The van der Waals surface area contributed by atoms with Gasteiger partial charge in [0.25, 0.3) is 0 Å². The number of ether oxygens (including phenoxy) is 2. The number of methoxy groups -OCH3 is 1. The maximum absolute atomic E-state index is 6.06. The Morgan fingerprint density at radius 2 is 1.88 bits per heavy atom. The number of nitrogens with zero attached hydrogens (tertiary/aromatic N) is 3. The van der Waals surface area contributed by atoms with E-state index in [4.69, 9.17) is 15.3 Å². The van der Waals surface area contributed by atoms with Crippen LogP contribution in [0, 0.1) is 0 Å². The van der Waals surface area contributed by atoms with Crippen LogP contribution in [0.15, 0.2) is 65.8 Å². The standard InChI is InChI=1S/C19H20N4O2S/c1-24-16-10-5-11-17(13-16)25-14-18-21-22-19(23(18)20)26-12-6-9-15-7-3-2-4-8-15/h2-11,13H,12,14,20H2,1H3/b9-6+. The third kappa shape index (κ3) is 4.80. The van der Waals surface area contributed by atoms with E-state index in [1.54, 1.807) is 13.2 Å². The van der Waals surface area contributed by atoms with Crippen molar-refractivity contribution in [2.45, 2.75) is 11.8 Å². The van der Waals surface area contributed by atoms with Crippen molar-refractivity contribution in [1.29, 1.82) is 0 Å². The lowest BCUT2D eigenvalue weighted by atomic mass is 10.2. The van der Waals surface area contributed by atoms with Gasteiger partial charge in [0.2, 0.25) is 5.16 Å². The van der Waals surface area contributed by atoms with Gasteiger partial charge in [-0.15, -0.1) is 10.2 Å². The zero-order valence-corrected chi connectivity index (χ0v) is 15.2. The van der Waals surface area contributed by atoms with Crippen LogP contribution in [0.4, 0.5) is 0 Å². The summed E-state index contributed by atoms with van der Waals surface area (Å²) in [4.78, 5) is 0. The second-order valence-corrected chi connectivity index (χ2v) is 6.35. The van der Waals surface area contributed by atoms with E-state index in [1.165, 1.54) is 16.4 Å². The van der Waals surface area contributed by atoms with E-state index >= 15 is 0 Å².